The summed E-state index contributed by atoms with van der Waals surface area (Å²) in [4.78, 5) is 51.4. The van der Waals surface area contributed by atoms with Crippen LogP contribution in [0.25, 0.3) is 32.1 Å². The number of alkyl halides is 1. The summed E-state index contributed by atoms with van der Waals surface area (Å²) in [7, 11) is 1.70. The van der Waals surface area contributed by atoms with Gasteiger partial charge in [-0.25, -0.2) is 18.0 Å². The predicted octanol–water partition coefficient (Wildman–Crippen LogP) is 8.23. The molecule has 298 valence electrons. The van der Waals surface area contributed by atoms with Gasteiger partial charge in [-0.1, -0.05) is 17.7 Å². The number of carbonyl (C=O) groups excluding carboxylic acids is 3. The maximum Gasteiger partial charge on any atom is 0.412 e. The van der Waals surface area contributed by atoms with Crippen LogP contribution < -0.4 is 15.0 Å². The van der Waals surface area contributed by atoms with Gasteiger partial charge in [0.05, 0.1) is 20.8 Å². The number of halogens is 4. The van der Waals surface area contributed by atoms with Gasteiger partial charge in [0.15, 0.2) is 5.82 Å². The molecule has 0 bridgehead atoms. The predicted molar refractivity (Wildman–Crippen MR) is 209 cm³/mol. The molecule has 12 nitrogen and oxygen atoms in total. The molecule has 0 spiro atoms. The van der Waals surface area contributed by atoms with Crippen molar-refractivity contribution in [3.05, 3.63) is 40.4 Å². The van der Waals surface area contributed by atoms with Gasteiger partial charge in [0.25, 0.3) is 0 Å². The molecular weight excluding hydrogens is 771 g/mol. The molecule has 2 aliphatic heterocycles. The van der Waals surface area contributed by atoms with Crippen LogP contribution in [0.3, 0.4) is 0 Å². The fraction of sp³-hybridized carbons (Fsp3) is 0.487. The Morgan fingerprint density at radius 1 is 1.23 bits per heavy atom. The van der Waals surface area contributed by atoms with Gasteiger partial charge < -0.3 is 14.4 Å². The van der Waals surface area contributed by atoms with Gasteiger partial charge in [0.1, 0.15) is 46.6 Å². The van der Waals surface area contributed by atoms with Crippen molar-refractivity contribution in [2.24, 2.45) is 0 Å². The van der Waals surface area contributed by atoms with E-state index in [1.807, 2.05) is 6.07 Å². The van der Waals surface area contributed by atoms with Gasteiger partial charge in [0.2, 0.25) is 11.8 Å². The Hall–Kier alpha value is -4.72. The summed E-state index contributed by atoms with van der Waals surface area (Å²) in [5.74, 6) is -2.05. The molecule has 0 saturated carbocycles. The van der Waals surface area contributed by atoms with Crippen LogP contribution in [0, 0.1) is 23.0 Å². The third-order valence-corrected chi connectivity index (χ3v) is 11.5. The maximum absolute atomic E-state index is 17.2. The van der Waals surface area contributed by atoms with E-state index in [9.17, 15) is 24.0 Å². The Kier molecular flexibility index (Phi) is 11.7. The van der Waals surface area contributed by atoms with Crippen LogP contribution in [0.1, 0.15) is 72.3 Å². The van der Waals surface area contributed by atoms with Crippen LogP contribution in [0.4, 0.5) is 28.8 Å². The highest BCUT2D eigenvalue weighted by Crippen LogP contribution is 2.47. The average Bonchev–Trinajstić information content (AvgIpc) is 3.77. The molecule has 1 N–H and O–H groups in total. The summed E-state index contributed by atoms with van der Waals surface area (Å²) in [5, 5.41) is 12.9. The lowest BCUT2D eigenvalue weighted by atomic mass is 9.95. The van der Waals surface area contributed by atoms with Gasteiger partial charge in [-0.3, -0.25) is 24.7 Å². The number of anilines is 2. The largest absolute Gasteiger partial charge is 0.461 e. The van der Waals surface area contributed by atoms with E-state index in [0.29, 0.717) is 13.0 Å². The lowest BCUT2D eigenvalue weighted by Crippen LogP contribution is -2.43. The number of carbonyl (C=O) groups is 3. The van der Waals surface area contributed by atoms with Crippen molar-refractivity contribution in [1.82, 2.24) is 19.8 Å². The molecule has 3 amide bonds. The van der Waals surface area contributed by atoms with Gasteiger partial charge in [-0.2, -0.15) is 15.2 Å². The van der Waals surface area contributed by atoms with Crippen LogP contribution in [0.15, 0.2) is 18.2 Å². The minimum atomic E-state index is -1.00. The fourth-order valence-corrected chi connectivity index (χ4v) is 9.03. The first-order valence-electron chi connectivity index (χ1n) is 18.4. The summed E-state index contributed by atoms with van der Waals surface area (Å²) in [6.45, 7) is 9.67. The van der Waals surface area contributed by atoms with Gasteiger partial charge >= 0.3 is 12.1 Å². The van der Waals surface area contributed by atoms with Crippen LogP contribution in [0.2, 0.25) is 5.02 Å². The van der Waals surface area contributed by atoms with Crippen molar-refractivity contribution in [2.45, 2.75) is 84.0 Å². The highest BCUT2D eigenvalue weighted by atomic mass is 35.5. The number of hydrogen-bond acceptors (Lipinski definition) is 11. The third-order valence-electron chi connectivity index (χ3n) is 10.1. The molecule has 6 rings (SSSR count). The third kappa shape index (κ3) is 8.07. The Balaban J connectivity index is 1.44. The second kappa shape index (κ2) is 16.0. The molecule has 17 heteroatoms. The SMILES string of the molecule is CCN(C(C)=O)C(=O)CCCN(C)c1nc(OC[C@@]23CCCN2C[C@H](F)C3)nc2c(F)c(-c3ccc(F)c4sc(NC(=O)OC(C)(C)C)c(C#N)c34)c(Cl)cc12. The number of thiophene rings is 1. The highest BCUT2D eigenvalue weighted by molar-refractivity contribution is 7.23. The number of nitrogens with zero attached hydrogens (tertiary/aromatic N) is 6. The van der Waals surface area contributed by atoms with E-state index in [-0.39, 0.29) is 104 Å². The summed E-state index contributed by atoms with van der Waals surface area (Å²) < 4.78 is 58.7. The molecular formula is C39H43ClF3N7O5S. The number of nitrogens with one attached hydrogen (secondary N) is 1. The molecule has 2 aliphatic rings. The topological polar surface area (TPSA) is 141 Å². The Bertz CT molecular complexity index is 2260. The van der Waals surface area contributed by atoms with Crippen molar-refractivity contribution in [1.29, 1.82) is 5.26 Å². The van der Waals surface area contributed by atoms with E-state index in [1.165, 1.54) is 19.1 Å². The van der Waals surface area contributed by atoms with Crippen LogP contribution in [-0.4, -0.2) is 94.8 Å². The van der Waals surface area contributed by atoms with Gasteiger partial charge in [-0.05, 0) is 71.2 Å². The molecule has 4 aromatic rings. The maximum atomic E-state index is 17.2. The van der Waals surface area contributed by atoms with Crippen molar-refractivity contribution in [3.8, 4) is 23.2 Å². The minimum Gasteiger partial charge on any atom is -0.461 e. The Morgan fingerprint density at radius 3 is 2.66 bits per heavy atom. The lowest BCUT2D eigenvalue weighted by molar-refractivity contribution is -0.143. The number of aromatic nitrogens is 2. The van der Waals surface area contributed by atoms with E-state index < -0.39 is 35.0 Å². The average molecular weight is 814 g/mol. The first kappa shape index (κ1) is 40.9. The smallest absolute Gasteiger partial charge is 0.412 e. The lowest BCUT2D eigenvalue weighted by Gasteiger charge is -2.31. The fourth-order valence-electron chi connectivity index (χ4n) is 7.66. The highest BCUT2D eigenvalue weighted by Gasteiger charge is 2.49. The number of ether oxygens (including phenoxy) is 2. The Morgan fingerprint density at radius 2 is 1.98 bits per heavy atom. The van der Waals surface area contributed by atoms with Crippen LogP contribution in [0.5, 0.6) is 6.01 Å². The summed E-state index contributed by atoms with van der Waals surface area (Å²) in [6.07, 6.45) is 0.426. The normalized spacial score (nSPS) is 18.2. The second-order valence-corrected chi connectivity index (χ2v) is 16.6. The summed E-state index contributed by atoms with van der Waals surface area (Å²) in [6, 6.07) is 5.76. The number of amides is 3. The van der Waals surface area contributed by atoms with Crippen LogP contribution in [-0.2, 0) is 14.3 Å². The van der Waals surface area contributed by atoms with Gasteiger partial charge in [0, 0.05) is 62.8 Å². The zero-order valence-electron chi connectivity index (χ0n) is 32.0. The zero-order chi connectivity index (χ0) is 40.7. The zero-order valence-corrected chi connectivity index (χ0v) is 33.6. The molecule has 2 aromatic carbocycles. The molecule has 4 heterocycles. The molecule has 56 heavy (non-hydrogen) atoms. The molecule has 2 saturated heterocycles. The van der Waals surface area contributed by atoms with E-state index in [4.69, 9.17) is 21.1 Å². The minimum absolute atomic E-state index is 0.00828. The van der Waals surface area contributed by atoms with Crippen molar-refractivity contribution in [3.63, 3.8) is 0 Å². The molecule has 2 atom stereocenters. The molecule has 2 fully saturated rings. The van der Waals surface area contributed by atoms with E-state index in [2.05, 4.69) is 20.2 Å². The van der Waals surface area contributed by atoms with Crippen molar-refractivity contribution in [2.75, 3.05) is 50.1 Å². The number of hydrogen-bond donors (Lipinski definition) is 1. The van der Waals surface area contributed by atoms with Crippen molar-refractivity contribution >= 4 is 72.7 Å². The molecule has 0 radical (unpaired) electrons. The summed E-state index contributed by atoms with van der Waals surface area (Å²) >= 11 is 7.67. The Labute approximate surface area is 331 Å². The first-order valence-corrected chi connectivity index (χ1v) is 19.6. The van der Waals surface area contributed by atoms with E-state index in [1.54, 1.807) is 39.6 Å². The first-order chi connectivity index (χ1) is 26.5. The van der Waals surface area contributed by atoms with E-state index >= 15 is 8.78 Å². The van der Waals surface area contributed by atoms with Crippen LogP contribution >= 0.6 is 22.9 Å². The monoisotopic (exact) mass is 813 g/mol. The molecule has 0 aliphatic carbocycles. The number of rotatable bonds is 11. The molecule has 2 aromatic heterocycles. The number of benzene rings is 2. The van der Waals surface area contributed by atoms with Crippen molar-refractivity contribution < 1.29 is 37.0 Å². The number of fused-ring (bicyclic) bond motifs is 3. The van der Waals surface area contributed by atoms with E-state index in [0.717, 1.165) is 41.7 Å². The summed E-state index contributed by atoms with van der Waals surface area (Å²) in [5.41, 5.74) is -1.79. The molecule has 0 unspecified atom stereocenters. The quantitative estimate of drug-likeness (QED) is 0.158. The number of nitriles is 1. The van der Waals surface area contributed by atoms with Gasteiger partial charge in [-0.15, -0.1) is 11.3 Å². The number of imide groups is 1. The standard InChI is InChI=1S/C39H43ClF3N7O5S/c1-7-50(21(2)51)28(52)10-8-14-48(6)34-24-16-26(40)30(31(43)32(24)45-36(46-34)54-20-39-13-9-15-49(39)19-22(41)17-39)23-11-12-27(42)33-29(23)25(18-44)35(56-33)47-37(53)55-38(3,4)5/h11-12,16,22H,7-10,13-15,17,19-20H2,1-6H3,(H,47,53)/t22-,39+/m1/s1. The second-order valence-electron chi connectivity index (χ2n) is 15.2.